The molecule has 0 bridgehead atoms. The molecule has 1 aromatic heterocycles. The van der Waals surface area contributed by atoms with E-state index in [1.807, 2.05) is 0 Å². The molecule has 0 aliphatic heterocycles. The van der Waals surface area contributed by atoms with Crippen LogP contribution in [0.15, 0.2) is 10.6 Å². The number of hydrogen-bond acceptors (Lipinski definition) is 4. The lowest BCUT2D eigenvalue weighted by molar-refractivity contribution is -0.150. The van der Waals surface area contributed by atoms with Gasteiger partial charge in [0.25, 0.3) is 0 Å². The van der Waals surface area contributed by atoms with Crippen molar-refractivity contribution in [1.82, 2.24) is 15.8 Å². The number of aryl methyl sites for hydroxylation is 1. The summed E-state index contributed by atoms with van der Waals surface area (Å²) in [4.78, 5) is 23.2. The molecule has 0 spiro atoms. The summed E-state index contributed by atoms with van der Waals surface area (Å²) in [5.74, 6) is -0.262. The van der Waals surface area contributed by atoms with Crippen molar-refractivity contribution >= 4 is 12.0 Å². The molecule has 21 heavy (non-hydrogen) atoms. The van der Waals surface area contributed by atoms with Crippen molar-refractivity contribution in [3.8, 4) is 0 Å². The summed E-state index contributed by atoms with van der Waals surface area (Å²) in [5.41, 5.74) is -0.0717. The van der Waals surface area contributed by atoms with Gasteiger partial charge in [-0.1, -0.05) is 24.4 Å². The van der Waals surface area contributed by atoms with Crippen LogP contribution in [0.25, 0.3) is 0 Å². The Kier molecular flexibility index (Phi) is 4.82. The van der Waals surface area contributed by atoms with E-state index < -0.39 is 17.4 Å². The van der Waals surface area contributed by atoms with Crippen LogP contribution in [0, 0.1) is 12.3 Å². The molecule has 0 saturated heterocycles. The minimum atomic E-state index is -0.826. The molecule has 1 saturated carbocycles. The summed E-state index contributed by atoms with van der Waals surface area (Å²) < 4.78 is 4.98. The van der Waals surface area contributed by atoms with Gasteiger partial charge in [-0.2, -0.15) is 0 Å². The third kappa shape index (κ3) is 3.96. The fraction of sp³-hybridized carbons (Fsp3) is 0.643. The Labute approximate surface area is 123 Å². The fourth-order valence-corrected chi connectivity index (χ4v) is 2.67. The molecule has 1 aliphatic rings. The highest BCUT2D eigenvalue weighted by atomic mass is 16.5. The zero-order valence-corrected chi connectivity index (χ0v) is 12.1. The molecule has 1 aromatic rings. The van der Waals surface area contributed by atoms with E-state index in [0.717, 1.165) is 25.0 Å². The number of carbonyl (C=O) groups is 2. The van der Waals surface area contributed by atoms with Crippen molar-refractivity contribution in [3.05, 3.63) is 17.5 Å². The predicted molar refractivity (Wildman–Crippen MR) is 74.6 cm³/mol. The highest BCUT2D eigenvalue weighted by Gasteiger charge is 2.39. The Morgan fingerprint density at radius 2 is 2.05 bits per heavy atom. The Bertz CT molecular complexity index is 506. The minimum Gasteiger partial charge on any atom is -0.481 e. The van der Waals surface area contributed by atoms with Crippen LogP contribution < -0.4 is 10.6 Å². The molecule has 1 aliphatic carbocycles. The number of carboxylic acid groups (broad SMARTS) is 1. The lowest BCUT2D eigenvalue weighted by atomic mass is 9.74. The van der Waals surface area contributed by atoms with Crippen LogP contribution in [0.4, 0.5) is 4.79 Å². The van der Waals surface area contributed by atoms with Gasteiger partial charge in [0, 0.05) is 12.6 Å². The fourth-order valence-electron chi connectivity index (χ4n) is 2.67. The van der Waals surface area contributed by atoms with Crippen molar-refractivity contribution in [2.45, 2.75) is 45.6 Å². The number of amides is 2. The molecule has 2 rings (SSSR count). The van der Waals surface area contributed by atoms with Crippen molar-refractivity contribution in [1.29, 1.82) is 0 Å². The highest BCUT2D eigenvalue weighted by Crippen LogP contribution is 2.35. The summed E-state index contributed by atoms with van der Waals surface area (Å²) in [6, 6.07) is 1.34. The first kappa shape index (κ1) is 15.3. The van der Waals surface area contributed by atoms with Gasteiger partial charge in [-0.15, -0.1) is 0 Å². The van der Waals surface area contributed by atoms with E-state index in [0.29, 0.717) is 18.6 Å². The lowest BCUT2D eigenvalue weighted by Gasteiger charge is -2.33. The number of nitrogens with zero attached hydrogens (tertiary/aromatic N) is 1. The van der Waals surface area contributed by atoms with Gasteiger partial charge in [0.1, 0.15) is 0 Å². The molecule has 2 amide bonds. The Balaban J connectivity index is 1.80. The second-order valence-electron chi connectivity index (χ2n) is 5.62. The maximum atomic E-state index is 11.8. The summed E-state index contributed by atoms with van der Waals surface area (Å²) in [5, 5.41) is 18.4. The zero-order chi connectivity index (χ0) is 15.3. The molecule has 0 atom stereocenters. The molecular formula is C14H21N3O4. The molecule has 1 heterocycles. The summed E-state index contributed by atoms with van der Waals surface area (Å²) in [6.45, 7) is 2.18. The van der Waals surface area contributed by atoms with E-state index >= 15 is 0 Å². The van der Waals surface area contributed by atoms with E-state index in [9.17, 15) is 14.7 Å². The number of urea groups is 1. The number of carbonyl (C=O) groups excluding carboxylic acids is 1. The monoisotopic (exact) mass is 295 g/mol. The molecule has 7 nitrogen and oxygen atoms in total. The van der Waals surface area contributed by atoms with E-state index in [-0.39, 0.29) is 13.1 Å². The smallest absolute Gasteiger partial charge is 0.315 e. The first-order valence-electron chi connectivity index (χ1n) is 7.19. The first-order valence-corrected chi connectivity index (χ1v) is 7.19. The van der Waals surface area contributed by atoms with Crippen LogP contribution in [0.1, 0.15) is 43.6 Å². The van der Waals surface area contributed by atoms with Crippen LogP contribution in [0.3, 0.4) is 0 Å². The number of carboxylic acids is 1. The van der Waals surface area contributed by atoms with Crippen LogP contribution in [0.2, 0.25) is 0 Å². The second kappa shape index (κ2) is 6.60. The number of aliphatic carboxylic acids is 1. The maximum absolute atomic E-state index is 11.8. The third-order valence-electron chi connectivity index (χ3n) is 3.95. The average molecular weight is 295 g/mol. The molecule has 0 radical (unpaired) electrons. The van der Waals surface area contributed by atoms with Gasteiger partial charge in [-0.25, -0.2) is 4.79 Å². The van der Waals surface area contributed by atoms with Gasteiger partial charge in [0.15, 0.2) is 5.76 Å². The van der Waals surface area contributed by atoms with Crippen molar-refractivity contribution < 1.29 is 19.2 Å². The maximum Gasteiger partial charge on any atom is 0.315 e. The second-order valence-corrected chi connectivity index (χ2v) is 5.62. The van der Waals surface area contributed by atoms with Crippen LogP contribution in [0.5, 0.6) is 0 Å². The minimum absolute atomic E-state index is 0.156. The van der Waals surface area contributed by atoms with Gasteiger partial charge in [0.05, 0.1) is 17.7 Å². The van der Waals surface area contributed by atoms with Crippen LogP contribution in [-0.4, -0.2) is 28.8 Å². The normalized spacial score (nSPS) is 17.2. The molecule has 3 N–H and O–H groups in total. The van der Waals surface area contributed by atoms with Gasteiger partial charge < -0.3 is 20.3 Å². The Morgan fingerprint density at radius 1 is 1.33 bits per heavy atom. The third-order valence-corrected chi connectivity index (χ3v) is 3.95. The highest BCUT2D eigenvalue weighted by molar-refractivity contribution is 5.78. The molecular weight excluding hydrogens is 274 g/mol. The van der Waals surface area contributed by atoms with Crippen molar-refractivity contribution in [3.63, 3.8) is 0 Å². The molecule has 0 aromatic carbocycles. The van der Waals surface area contributed by atoms with Gasteiger partial charge in [0.2, 0.25) is 0 Å². The van der Waals surface area contributed by atoms with E-state index in [1.54, 1.807) is 13.0 Å². The van der Waals surface area contributed by atoms with Crippen molar-refractivity contribution in [2.75, 3.05) is 6.54 Å². The summed E-state index contributed by atoms with van der Waals surface area (Å²) in [6.07, 6.45) is 4.08. The summed E-state index contributed by atoms with van der Waals surface area (Å²) in [7, 11) is 0. The molecule has 116 valence electrons. The van der Waals surface area contributed by atoms with E-state index in [2.05, 4.69) is 15.8 Å². The molecule has 0 unspecified atom stereocenters. The Morgan fingerprint density at radius 3 is 2.62 bits per heavy atom. The van der Waals surface area contributed by atoms with Gasteiger partial charge >= 0.3 is 12.0 Å². The SMILES string of the molecule is Cc1cc(CNC(=O)NCC2(C(=O)O)CCCCC2)on1. The number of rotatable bonds is 5. The van der Waals surface area contributed by atoms with E-state index in [1.165, 1.54) is 0 Å². The zero-order valence-electron chi connectivity index (χ0n) is 12.1. The van der Waals surface area contributed by atoms with Gasteiger partial charge in [-0.05, 0) is 19.8 Å². The van der Waals surface area contributed by atoms with E-state index in [4.69, 9.17) is 4.52 Å². The average Bonchev–Trinajstić information content (AvgIpc) is 2.89. The van der Waals surface area contributed by atoms with Crippen LogP contribution >= 0.6 is 0 Å². The van der Waals surface area contributed by atoms with Crippen LogP contribution in [-0.2, 0) is 11.3 Å². The standard InChI is InChI=1S/C14H21N3O4/c1-10-7-11(21-17-10)8-15-13(20)16-9-14(12(18)19)5-3-2-4-6-14/h7H,2-6,8-9H2,1H3,(H,18,19)(H2,15,16,20). The number of hydrogen-bond donors (Lipinski definition) is 3. The van der Waals surface area contributed by atoms with Crippen molar-refractivity contribution in [2.24, 2.45) is 5.41 Å². The quantitative estimate of drug-likeness (QED) is 0.768. The summed E-state index contributed by atoms with van der Waals surface area (Å²) >= 11 is 0. The largest absolute Gasteiger partial charge is 0.481 e. The lowest BCUT2D eigenvalue weighted by Crippen LogP contribution is -2.47. The topological polar surface area (TPSA) is 104 Å². The Hall–Kier alpha value is -2.05. The first-order chi connectivity index (χ1) is 10.0. The predicted octanol–water partition coefficient (Wildman–Crippen LogP) is 1.82. The molecule has 1 fully saturated rings. The number of nitrogens with one attached hydrogen (secondary N) is 2. The number of aromatic nitrogens is 1. The molecule has 7 heteroatoms. The van der Waals surface area contributed by atoms with Gasteiger partial charge in [-0.3, -0.25) is 4.79 Å².